The second-order valence-electron chi connectivity index (χ2n) is 4.64. The molecule has 20 heavy (non-hydrogen) atoms. The molecule has 3 rings (SSSR count). The molecule has 1 N–H and O–H groups in total. The van der Waals surface area contributed by atoms with Crippen LogP contribution in [0.5, 0.6) is 0 Å². The van der Waals surface area contributed by atoms with E-state index in [1.807, 2.05) is 37.5 Å². The summed E-state index contributed by atoms with van der Waals surface area (Å²) in [4.78, 5) is 16.2. The van der Waals surface area contributed by atoms with Gasteiger partial charge in [0.1, 0.15) is 0 Å². The summed E-state index contributed by atoms with van der Waals surface area (Å²) >= 11 is 0. The Hall–Kier alpha value is -2.69. The molecule has 0 spiro atoms. The largest absolute Gasteiger partial charge is 0.348 e. The van der Waals surface area contributed by atoms with Crippen LogP contribution in [0, 0.1) is 0 Å². The SMILES string of the molecule is Cn1cc(CNC(=O)c2ccc3cnccc3c2)cn1. The van der Waals surface area contributed by atoms with E-state index in [4.69, 9.17) is 0 Å². The lowest BCUT2D eigenvalue weighted by Crippen LogP contribution is -2.22. The summed E-state index contributed by atoms with van der Waals surface area (Å²) in [6, 6.07) is 7.48. The van der Waals surface area contributed by atoms with Gasteiger partial charge in [0.2, 0.25) is 0 Å². The highest BCUT2D eigenvalue weighted by atomic mass is 16.1. The fraction of sp³-hybridized carbons (Fsp3) is 0.133. The van der Waals surface area contributed by atoms with Crippen molar-refractivity contribution in [3.63, 3.8) is 0 Å². The summed E-state index contributed by atoms with van der Waals surface area (Å²) in [5.74, 6) is -0.0902. The van der Waals surface area contributed by atoms with Crippen molar-refractivity contribution in [3.8, 4) is 0 Å². The number of aromatic nitrogens is 3. The maximum Gasteiger partial charge on any atom is 0.251 e. The number of carbonyl (C=O) groups is 1. The fourth-order valence-corrected chi connectivity index (χ4v) is 2.07. The molecule has 1 amide bonds. The van der Waals surface area contributed by atoms with E-state index in [1.54, 1.807) is 23.3 Å². The lowest BCUT2D eigenvalue weighted by molar-refractivity contribution is 0.0951. The van der Waals surface area contributed by atoms with Crippen molar-refractivity contribution in [2.45, 2.75) is 6.54 Å². The van der Waals surface area contributed by atoms with Crippen molar-refractivity contribution in [3.05, 3.63) is 60.2 Å². The number of hydrogen-bond donors (Lipinski definition) is 1. The van der Waals surface area contributed by atoms with Crippen LogP contribution < -0.4 is 5.32 Å². The van der Waals surface area contributed by atoms with Crippen LogP contribution in [0.25, 0.3) is 10.8 Å². The maximum atomic E-state index is 12.1. The molecule has 2 heterocycles. The number of rotatable bonds is 3. The van der Waals surface area contributed by atoms with Crippen LogP contribution in [-0.2, 0) is 13.6 Å². The Morgan fingerprint density at radius 3 is 2.95 bits per heavy atom. The normalized spacial score (nSPS) is 10.7. The van der Waals surface area contributed by atoms with Gasteiger partial charge in [0.15, 0.2) is 0 Å². The van der Waals surface area contributed by atoms with Gasteiger partial charge in [-0.15, -0.1) is 0 Å². The number of benzene rings is 1. The van der Waals surface area contributed by atoms with Crippen molar-refractivity contribution in [1.82, 2.24) is 20.1 Å². The zero-order chi connectivity index (χ0) is 13.9. The smallest absolute Gasteiger partial charge is 0.251 e. The third-order valence-electron chi connectivity index (χ3n) is 3.11. The minimum absolute atomic E-state index is 0.0902. The number of hydrogen-bond acceptors (Lipinski definition) is 3. The molecular formula is C15H14N4O. The number of aryl methyl sites for hydroxylation is 1. The Balaban J connectivity index is 1.75. The van der Waals surface area contributed by atoms with Gasteiger partial charge in [-0.2, -0.15) is 5.10 Å². The predicted molar refractivity (Wildman–Crippen MR) is 76.1 cm³/mol. The summed E-state index contributed by atoms with van der Waals surface area (Å²) in [5, 5.41) is 8.98. The molecule has 0 aliphatic carbocycles. The molecule has 0 fully saturated rings. The van der Waals surface area contributed by atoms with E-state index in [0.717, 1.165) is 16.3 Å². The van der Waals surface area contributed by atoms with Crippen molar-refractivity contribution >= 4 is 16.7 Å². The predicted octanol–water partition coefficient (Wildman–Crippen LogP) is 1.90. The molecule has 1 aromatic carbocycles. The van der Waals surface area contributed by atoms with E-state index in [9.17, 15) is 4.79 Å². The second-order valence-corrected chi connectivity index (χ2v) is 4.64. The number of amides is 1. The second kappa shape index (κ2) is 5.13. The molecule has 0 aliphatic rings. The van der Waals surface area contributed by atoms with Crippen LogP contribution in [0.15, 0.2) is 49.1 Å². The number of nitrogens with one attached hydrogen (secondary N) is 1. The molecule has 2 aromatic heterocycles. The van der Waals surface area contributed by atoms with Crippen LogP contribution in [-0.4, -0.2) is 20.7 Å². The van der Waals surface area contributed by atoms with Crippen molar-refractivity contribution < 1.29 is 4.79 Å². The molecule has 0 atom stereocenters. The zero-order valence-corrected chi connectivity index (χ0v) is 11.1. The molecule has 0 aliphatic heterocycles. The highest BCUT2D eigenvalue weighted by Gasteiger charge is 2.06. The topological polar surface area (TPSA) is 59.8 Å². The highest BCUT2D eigenvalue weighted by Crippen LogP contribution is 2.14. The van der Waals surface area contributed by atoms with Crippen LogP contribution >= 0.6 is 0 Å². The van der Waals surface area contributed by atoms with E-state index >= 15 is 0 Å². The van der Waals surface area contributed by atoms with Gasteiger partial charge in [-0.1, -0.05) is 6.07 Å². The van der Waals surface area contributed by atoms with Gasteiger partial charge in [-0.25, -0.2) is 0 Å². The first-order valence-corrected chi connectivity index (χ1v) is 6.32. The van der Waals surface area contributed by atoms with Crippen LogP contribution in [0.4, 0.5) is 0 Å². The molecule has 100 valence electrons. The van der Waals surface area contributed by atoms with Gasteiger partial charge in [0, 0.05) is 48.7 Å². The first kappa shape index (κ1) is 12.3. The van der Waals surface area contributed by atoms with Crippen molar-refractivity contribution in [1.29, 1.82) is 0 Å². The molecule has 5 heteroatoms. The molecule has 0 saturated heterocycles. The summed E-state index contributed by atoms with van der Waals surface area (Å²) in [7, 11) is 1.85. The zero-order valence-electron chi connectivity index (χ0n) is 11.1. The first-order chi connectivity index (χ1) is 9.72. The van der Waals surface area contributed by atoms with E-state index in [-0.39, 0.29) is 5.91 Å². The molecule has 0 radical (unpaired) electrons. The minimum Gasteiger partial charge on any atom is -0.348 e. The Morgan fingerprint density at radius 1 is 1.25 bits per heavy atom. The average molecular weight is 266 g/mol. The molecule has 0 bridgehead atoms. The van der Waals surface area contributed by atoms with E-state index < -0.39 is 0 Å². The van der Waals surface area contributed by atoms with Crippen LogP contribution in [0.3, 0.4) is 0 Å². The molecule has 5 nitrogen and oxygen atoms in total. The lowest BCUT2D eigenvalue weighted by Gasteiger charge is -2.05. The van der Waals surface area contributed by atoms with Crippen LogP contribution in [0.2, 0.25) is 0 Å². The van der Waals surface area contributed by atoms with Crippen molar-refractivity contribution in [2.24, 2.45) is 7.05 Å². The molecule has 0 saturated carbocycles. The third kappa shape index (κ3) is 2.51. The lowest BCUT2D eigenvalue weighted by atomic mass is 10.1. The minimum atomic E-state index is -0.0902. The molecule has 3 aromatic rings. The van der Waals surface area contributed by atoms with Crippen molar-refractivity contribution in [2.75, 3.05) is 0 Å². The Labute approximate surface area is 116 Å². The Morgan fingerprint density at radius 2 is 2.15 bits per heavy atom. The third-order valence-corrected chi connectivity index (χ3v) is 3.11. The monoisotopic (exact) mass is 266 g/mol. The Bertz CT molecular complexity index is 763. The van der Waals surface area contributed by atoms with E-state index in [0.29, 0.717) is 12.1 Å². The Kier molecular flexibility index (Phi) is 3.16. The van der Waals surface area contributed by atoms with E-state index in [1.165, 1.54) is 0 Å². The van der Waals surface area contributed by atoms with Gasteiger partial charge in [-0.3, -0.25) is 14.5 Å². The van der Waals surface area contributed by atoms with E-state index in [2.05, 4.69) is 15.4 Å². The number of pyridine rings is 1. The fourth-order valence-electron chi connectivity index (χ4n) is 2.07. The number of nitrogens with zero attached hydrogens (tertiary/aromatic N) is 3. The average Bonchev–Trinajstić information content (AvgIpc) is 2.90. The van der Waals surface area contributed by atoms with Gasteiger partial charge in [0.25, 0.3) is 5.91 Å². The van der Waals surface area contributed by atoms with Gasteiger partial charge >= 0.3 is 0 Å². The van der Waals surface area contributed by atoms with Gasteiger partial charge in [-0.05, 0) is 23.6 Å². The first-order valence-electron chi connectivity index (χ1n) is 6.32. The molecular weight excluding hydrogens is 252 g/mol. The summed E-state index contributed by atoms with van der Waals surface area (Å²) < 4.78 is 1.71. The van der Waals surface area contributed by atoms with Gasteiger partial charge in [0.05, 0.1) is 6.20 Å². The summed E-state index contributed by atoms with van der Waals surface area (Å²) in [6.07, 6.45) is 7.13. The van der Waals surface area contributed by atoms with Gasteiger partial charge < -0.3 is 5.32 Å². The summed E-state index contributed by atoms with van der Waals surface area (Å²) in [6.45, 7) is 0.473. The quantitative estimate of drug-likeness (QED) is 0.787. The number of carbonyl (C=O) groups excluding carboxylic acids is 1. The molecule has 0 unspecified atom stereocenters. The maximum absolute atomic E-state index is 12.1. The highest BCUT2D eigenvalue weighted by molar-refractivity contribution is 5.98. The van der Waals surface area contributed by atoms with Crippen LogP contribution in [0.1, 0.15) is 15.9 Å². The number of fused-ring (bicyclic) bond motifs is 1. The standard InChI is InChI=1S/C15H14N4O/c1-19-10-11(8-18-19)7-17-15(20)13-2-3-14-9-16-5-4-12(14)6-13/h2-6,8-10H,7H2,1H3,(H,17,20). The summed E-state index contributed by atoms with van der Waals surface area (Å²) in [5.41, 5.74) is 1.62.